The molecule has 2 aromatic rings. The molecule has 0 atom stereocenters. The molecule has 1 amide bonds. The van der Waals surface area contributed by atoms with Crippen molar-refractivity contribution >= 4 is 22.4 Å². The molecule has 0 aliphatic rings. The third-order valence-corrected chi connectivity index (χ3v) is 3.78. The fourth-order valence-corrected chi connectivity index (χ4v) is 2.60. The summed E-state index contributed by atoms with van der Waals surface area (Å²) in [6.07, 6.45) is 2.77. The van der Waals surface area contributed by atoms with Crippen LogP contribution in [-0.2, 0) is 6.42 Å². The Morgan fingerprint density at radius 1 is 1.33 bits per heavy atom. The van der Waals surface area contributed by atoms with Crippen LogP contribution in [0.25, 0.3) is 0 Å². The quantitative estimate of drug-likeness (QED) is 0.764. The minimum Gasteiger partial charge on any atom is -0.496 e. The fourth-order valence-electron chi connectivity index (χ4n) is 1.82. The third-order valence-electron chi connectivity index (χ3n) is 2.88. The predicted molar refractivity (Wildman–Crippen MR) is 82.8 cm³/mol. The van der Waals surface area contributed by atoms with E-state index in [1.807, 2.05) is 6.07 Å². The lowest BCUT2D eigenvalue weighted by atomic mass is 10.2. The Labute approximate surface area is 127 Å². The number of nitrogens with one attached hydrogen (secondary N) is 1. The number of unbranched alkanes of at least 4 members (excludes halogenated alkanes) is 1. The van der Waals surface area contributed by atoms with Crippen LogP contribution in [0.5, 0.6) is 5.75 Å². The second-order valence-corrected chi connectivity index (χ2v) is 5.46. The summed E-state index contributed by atoms with van der Waals surface area (Å²) in [6.45, 7) is 0.677. The average molecular weight is 306 g/mol. The molecule has 3 N–H and O–H groups in total. The van der Waals surface area contributed by atoms with Gasteiger partial charge < -0.3 is 10.5 Å². The maximum Gasteiger partial charge on any atom is 0.261 e. The van der Waals surface area contributed by atoms with Crippen LogP contribution in [0.2, 0.25) is 0 Å². The van der Waals surface area contributed by atoms with Gasteiger partial charge in [0.1, 0.15) is 10.8 Å². The molecule has 0 bridgehead atoms. The molecule has 0 saturated heterocycles. The lowest BCUT2D eigenvalue weighted by molar-refractivity contribution is 0.102. The van der Waals surface area contributed by atoms with Crippen molar-refractivity contribution in [3.05, 3.63) is 34.8 Å². The molecule has 0 spiro atoms. The van der Waals surface area contributed by atoms with Crippen LogP contribution in [0.4, 0.5) is 5.13 Å². The molecule has 0 saturated carbocycles. The van der Waals surface area contributed by atoms with Crippen molar-refractivity contribution in [1.29, 1.82) is 0 Å². The molecule has 1 heterocycles. The summed E-state index contributed by atoms with van der Waals surface area (Å²) in [4.78, 5) is 12.2. The van der Waals surface area contributed by atoms with Crippen LogP contribution in [0, 0.1) is 0 Å². The van der Waals surface area contributed by atoms with Gasteiger partial charge in [0.15, 0.2) is 0 Å². The number of nitrogens with zero attached hydrogens (tertiary/aromatic N) is 2. The van der Waals surface area contributed by atoms with Gasteiger partial charge in [-0.3, -0.25) is 10.1 Å². The number of hydrogen-bond acceptors (Lipinski definition) is 6. The second kappa shape index (κ2) is 7.70. The monoisotopic (exact) mass is 306 g/mol. The summed E-state index contributed by atoms with van der Waals surface area (Å²) in [5.41, 5.74) is 5.93. The van der Waals surface area contributed by atoms with Crippen LogP contribution in [-0.4, -0.2) is 29.8 Å². The number of carbonyl (C=O) groups excluding carboxylic acids is 1. The molecule has 2 rings (SSSR count). The summed E-state index contributed by atoms with van der Waals surface area (Å²) in [7, 11) is 1.53. The summed E-state index contributed by atoms with van der Waals surface area (Å²) in [5, 5.41) is 12.2. The van der Waals surface area contributed by atoms with E-state index in [0.717, 1.165) is 24.3 Å². The number of para-hydroxylation sites is 1. The van der Waals surface area contributed by atoms with E-state index < -0.39 is 0 Å². The van der Waals surface area contributed by atoms with E-state index in [1.54, 1.807) is 18.2 Å². The van der Waals surface area contributed by atoms with Gasteiger partial charge in [0.05, 0.1) is 12.7 Å². The Kier molecular flexibility index (Phi) is 5.65. The van der Waals surface area contributed by atoms with Gasteiger partial charge in [0.25, 0.3) is 5.91 Å². The molecule has 0 radical (unpaired) electrons. The Bertz CT molecular complexity index is 600. The fraction of sp³-hybridized carbons (Fsp3) is 0.357. The Hall–Kier alpha value is -1.99. The van der Waals surface area contributed by atoms with Gasteiger partial charge in [-0.15, -0.1) is 10.2 Å². The lowest BCUT2D eigenvalue weighted by Gasteiger charge is -2.06. The Morgan fingerprint density at radius 3 is 2.90 bits per heavy atom. The predicted octanol–water partition coefficient (Wildman–Crippen LogP) is 2.08. The van der Waals surface area contributed by atoms with E-state index in [9.17, 15) is 4.79 Å². The molecule has 112 valence electrons. The van der Waals surface area contributed by atoms with Crippen LogP contribution >= 0.6 is 11.3 Å². The second-order valence-electron chi connectivity index (χ2n) is 4.40. The first-order valence-corrected chi connectivity index (χ1v) is 7.53. The first-order valence-electron chi connectivity index (χ1n) is 6.71. The van der Waals surface area contributed by atoms with Crippen molar-refractivity contribution < 1.29 is 9.53 Å². The molecule has 1 aromatic carbocycles. The average Bonchev–Trinajstić information content (AvgIpc) is 2.95. The van der Waals surface area contributed by atoms with E-state index in [1.165, 1.54) is 18.4 Å². The highest BCUT2D eigenvalue weighted by Crippen LogP contribution is 2.21. The van der Waals surface area contributed by atoms with E-state index in [2.05, 4.69) is 15.5 Å². The molecule has 6 nitrogen and oxygen atoms in total. The maximum absolute atomic E-state index is 12.2. The van der Waals surface area contributed by atoms with Gasteiger partial charge in [-0.1, -0.05) is 23.5 Å². The molecule has 7 heteroatoms. The maximum atomic E-state index is 12.2. The smallest absolute Gasteiger partial charge is 0.261 e. The van der Waals surface area contributed by atoms with Gasteiger partial charge in [0, 0.05) is 6.42 Å². The minimum absolute atomic E-state index is 0.253. The highest BCUT2D eigenvalue weighted by molar-refractivity contribution is 7.15. The highest BCUT2D eigenvalue weighted by Gasteiger charge is 2.14. The first kappa shape index (κ1) is 15.4. The molecule has 0 fully saturated rings. The zero-order valence-corrected chi connectivity index (χ0v) is 12.7. The number of hydrogen-bond donors (Lipinski definition) is 2. The first-order chi connectivity index (χ1) is 10.2. The number of carbonyl (C=O) groups is 1. The van der Waals surface area contributed by atoms with Crippen molar-refractivity contribution in [3.8, 4) is 5.75 Å². The van der Waals surface area contributed by atoms with Crippen LogP contribution < -0.4 is 15.8 Å². The van der Waals surface area contributed by atoms with Gasteiger partial charge in [-0.05, 0) is 31.5 Å². The molecule has 0 unspecified atom stereocenters. The van der Waals surface area contributed by atoms with Crippen LogP contribution in [0.3, 0.4) is 0 Å². The van der Waals surface area contributed by atoms with Gasteiger partial charge in [0.2, 0.25) is 5.13 Å². The number of methoxy groups -OCH3 is 1. The zero-order chi connectivity index (χ0) is 15.1. The summed E-state index contributed by atoms with van der Waals surface area (Å²) in [5.74, 6) is 0.278. The SMILES string of the molecule is COc1ccccc1C(=O)Nc1nnc(CCCCN)s1. The number of aromatic nitrogens is 2. The lowest BCUT2D eigenvalue weighted by Crippen LogP contribution is -2.12. The molecule has 0 aliphatic carbocycles. The number of nitrogens with two attached hydrogens (primary N) is 1. The van der Waals surface area contributed by atoms with Crippen molar-refractivity contribution in [2.24, 2.45) is 5.73 Å². The summed E-state index contributed by atoms with van der Waals surface area (Å²) < 4.78 is 5.17. The van der Waals surface area contributed by atoms with E-state index in [-0.39, 0.29) is 5.91 Å². The van der Waals surface area contributed by atoms with Crippen molar-refractivity contribution in [2.45, 2.75) is 19.3 Å². The molecule has 0 aliphatic heterocycles. The van der Waals surface area contributed by atoms with Gasteiger partial charge in [-0.2, -0.15) is 0 Å². The van der Waals surface area contributed by atoms with Crippen molar-refractivity contribution in [2.75, 3.05) is 19.0 Å². The number of ether oxygens (including phenoxy) is 1. The zero-order valence-electron chi connectivity index (χ0n) is 11.8. The van der Waals surface area contributed by atoms with E-state index >= 15 is 0 Å². The normalized spacial score (nSPS) is 10.4. The topological polar surface area (TPSA) is 90.1 Å². The van der Waals surface area contributed by atoms with Crippen molar-refractivity contribution in [1.82, 2.24) is 10.2 Å². The molecular weight excluding hydrogens is 288 g/mol. The summed E-state index contributed by atoms with van der Waals surface area (Å²) in [6, 6.07) is 7.05. The number of rotatable bonds is 7. The molecule has 1 aromatic heterocycles. The Balaban J connectivity index is 1.99. The van der Waals surface area contributed by atoms with Crippen LogP contribution in [0.1, 0.15) is 28.2 Å². The number of amides is 1. The molecular formula is C14H18N4O2S. The van der Waals surface area contributed by atoms with E-state index in [0.29, 0.717) is 23.0 Å². The minimum atomic E-state index is -0.253. The number of benzene rings is 1. The standard InChI is InChI=1S/C14H18N4O2S/c1-20-11-7-3-2-6-10(11)13(19)16-14-18-17-12(21-14)8-4-5-9-15/h2-3,6-7H,4-5,8-9,15H2,1H3,(H,16,18,19). The largest absolute Gasteiger partial charge is 0.496 e. The summed E-state index contributed by atoms with van der Waals surface area (Å²) >= 11 is 1.38. The molecule has 21 heavy (non-hydrogen) atoms. The van der Waals surface area contributed by atoms with E-state index in [4.69, 9.17) is 10.5 Å². The van der Waals surface area contributed by atoms with Gasteiger partial charge >= 0.3 is 0 Å². The highest BCUT2D eigenvalue weighted by atomic mass is 32.1. The third kappa shape index (κ3) is 4.24. The van der Waals surface area contributed by atoms with Crippen LogP contribution in [0.15, 0.2) is 24.3 Å². The number of aryl methyl sites for hydroxylation is 1. The van der Waals surface area contributed by atoms with Gasteiger partial charge in [-0.25, -0.2) is 0 Å². The van der Waals surface area contributed by atoms with Crippen molar-refractivity contribution in [3.63, 3.8) is 0 Å². The Morgan fingerprint density at radius 2 is 2.14 bits per heavy atom. The number of anilines is 1.